The summed E-state index contributed by atoms with van der Waals surface area (Å²) in [5.74, 6) is -0.921. The maximum Gasteiger partial charge on any atom is 0.331 e. The summed E-state index contributed by atoms with van der Waals surface area (Å²) in [4.78, 5) is 25.8. The van der Waals surface area contributed by atoms with Gasteiger partial charge in [0, 0.05) is 18.2 Å². The van der Waals surface area contributed by atoms with Crippen LogP contribution < -0.4 is 19.6 Å². The Morgan fingerprint density at radius 1 is 0.955 bits per heavy atom. The van der Waals surface area contributed by atoms with Gasteiger partial charge >= 0.3 is 5.97 Å². The zero-order chi connectivity index (χ0) is 31.4. The maximum atomic E-state index is 13.1. The quantitative estimate of drug-likeness (QED) is 0.162. The zero-order valence-electron chi connectivity index (χ0n) is 23.7. The number of carbonyl (C=O) groups excluding carboxylic acids is 1. The SMILES string of the molecule is COc1cc(O)c2c(=O)cc(-c3ccccc3OC3OC(CO)C(O)C(O)C3OC(=O)C=Cc3ccccc3)oc2c1OC. The number of methoxy groups -OCH3 is 2. The monoisotopic (exact) mass is 606 g/mol. The molecule has 44 heavy (non-hydrogen) atoms. The second kappa shape index (κ2) is 13.2. The van der Waals surface area contributed by atoms with Crippen LogP contribution in [-0.2, 0) is 14.3 Å². The van der Waals surface area contributed by atoms with E-state index in [1.54, 1.807) is 42.5 Å². The second-order valence-corrected chi connectivity index (χ2v) is 9.78. The molecular formula is C32H30O12. The topological polar surface area (TPSA) is 174 Å². The van der Waals surface area contributed by atoms with Gasteiger partial charge in [-0.05, 0) is 23.8 Å². The van der Waals surface area contributed by atoms with E-state index in [4.69, 9.17) is 28.1 Å². The fraction of sp³-hybridized carbons (Fsp3) is 0.250. The minimum Gasteiger partial charge on any atom is -0.507 e. The molecule has 0 amide bonds. The van der Waals surface area contributed by atoms with E-state index in [1.807, 2.05) is 6.07 Å². The van der Waals surface area contributed by atoms with Gasteiger partial charge in [0.15, 0.2) is 22.9 Å². The number of hydrogen-bond acceptors (Lipinski definition) is 12. The van der Waals surface area contributed by atoms with Crippen molar-refractivity contribution in [1.29, 1.82) is 0 Å². The molecular weight excluding hydrogens is 576 g/mol. The smallest absolute Gasteiger partial charge is 0.331 e. The summed E-state index contributed by atoms with van der Waals surface area (Å²) < 4.78 is 34.0. The molecule has 4 aromatic rings. The van der Waals surface area contributed by atoms with Gasteiger partial charge < -0.3 is 48.5 Å². The van der Waals surface area contributed by atoms with Gasteiger partial charge in [0.2, 0.25) is 12.0 Å². The number of benzene rings is 3. The summed E-state index contributed by atoms with van der Waals surface area (Å²) in [5, 5.41) is 41.5. The molecule has 1 fully saturated rings. The molecule has 12 heteroatoms. The van der Waals surface area contributed by atoms with Gasteiger partial charge in [0.05, 0.1) is 26.4 Å². The van der Waals surface area contributed by atoms with E-state index in [-0.39, 0.29) is 45.3 Å². The molecule has 0 radical (unpaired) electrons. The van der Waals surface area contributed by atoms with Crippen LogP contribution in [0.3, 0.4) is 0 Å². The van der Waals surface area contributed by atoms with E-state index >= 15 is 0 Å². The molecule has 1 aromatic heterocycles. The Morgan fingerprint density at radius 2 is 1.68 bits per heavy atom. The van der Waals surface area contributed by atoms with Gasteiger partial charge in [-0.25, -0.2) is 4.79 Å². The largest absolute Gasteiger partial charge is 0.507 e. The first-order chi connectivity index (χ1) is 21.2. The van der Waals surface area contributed by atoms with Crippen LogP contribution in [0, 0.1) is 0 Å². The average molecular weight is 607 g/mol. The first-order valence-electron chi connectivity index (χ1n) is 13.5. The van der Waals surface area contributed by atoms with Gasteiger partial charge in [-0.2, -0.15) is 0 Å². The van der Waals surface area contributed by atoms with Gasteiger partial charge in [0.25, 0.3) is 0 Å². The van der Waals surface area contributed by atoms with Gasteiger partial charge in [0.1, 0.15) is 41.0 Å². The number of para-hydroxylation sites is 1. The molecule has 0 spiro atoms. The number of hydrogen-bond donors (Lipinski definition) is 4. The predicted octanol–water partition coefficient (Wildman–Crippen LogP) is 2.63. The second-order valence-electron chi connectivity index (χ2n) is 9.78. The lowest BCUT2D eigenvalue weighted by Gasteiger charge is -2.41. The lowest BCUT2D eigenvalue weighted by Crippen LogP contribution is -2.61. The van der Waals surface area contributed by atoms with Gasteiger partial charge in [-0.15, -0.1) is 0 Å². The van der Waals surface area contributed by atoms with Crippen molar-refractivity contribution >= 4 is 23.0 Å². The molecule has 1 aliphatic heterocycles. The van der Waals surface area contributed by atoms with Gasteiger partial charge in [-0.1, -0.05) is 42.5 Å². The number of fused-ring (bicyclic) bond motifs is 1. The Labute approximate surface area is 250 Å². The number of esters is 1. The number of aromatic hydroxyl groups is 1. The minimum atomic E-state index is -1.69. The minimum absolute atomic E-state index is 0.0125. The first kappa shape index (κ1) is 30.6. The number of rotatable bonds is 9. The van der Waals surface area contributed by atoms with Crippen molar-refractivity contribution in [2.45, 2.75) is 30.7 Å². The predicted molar refractivity (Wildman–Crippen MR) is 156 cm³/mol. The normalized spacial score (nSPS) is 21.7. The molecule has 1 saturated heterocycles. The van der Waals surface area contributed by atoms with Crippen LogP contribution in [0.25, 0.3) is 28.4 Å². The maximum absolute atomic E-state index is 13.1. The first-order valence-corrected chi connectivity index (χ1v) is 13.5. The highest BCUT2D eigenvalue weighted by Crippen LogP contribution is 2.42. The highest BCUT2D eigenvalue weighted by atomic mass is 16.7. The van der Waals surface area contributed by atoms with E-state index in [1.165, 1.54) is 32.4 Å². The summed E-state index contributed by atoms with van der Waals surface area (Å²) in [7, 11) is 2.72. The summed E-state index contributed by atoms with van der Waals surface area (Å²) in [6.45, 7) is -0.668. The van der Waals surface area contributed by atoms with Crippen molar-refractivity contribution in [3.8, 4) is 34.3 Å². The van der Waals surface area contributed by atoms with Crippen LogP contribution >= 0.6 is 0 Å². The van der Waals surface area contributed by atoms with E-state index in [0.717, 1.165) is 17.7 Å². The fourth-order valence-corrected chi connectivity index (χ4v) is 4.82. The number of phenols is 1. The number of aliphatic hydroxyl groups is 3. The van der Waals surface area contributed by atoms with Crippen LogP contribution in [0.15, 0.2) is 82.0 Å². The van der Waals surface area contributed by atoms with Crippen molar-refractivity contribution < 1.29 is 53.3 Å². The highest BCUT2D eigenvalue weighted by Gasteiger charge is 2.48. The van der Waals surface area contributed by atoms with Crippen molar-refractivity contribution in [2.24, 2.45) is 0 Å². The third kappa shape index (κ3) is 6.10. The van der Waals surface area contributed by atoms with Crippen LogP contribution in [0.2, 0.25) is 0 Å². The standard InChI is InChI=1S/C32H30O12/c1-39-23-15-20(35)26-19(34)14-22(41-30(26)29(23)40-2)18-10-6-7-11-21(18)42-32-31(28(38)27(37)24(16-33)43-32)44-25(36)13-12-17-8-4-3-5-9-17/h3-15,24,27-28,31-33,35,37-38H,16H2,1-2H3. The number of carbonyl (C=O) groups is 1. The fourth-order valence-electron chi connectivity index (χ4n) is 4.82. The Balaban J connectivity index is 1.51. The third-order valence-electron chi connectivity index (χ3n) is 7.01. The molecule has 0 bridgehead atoms. The Kier molecular flexibility index (Phi) is 9.16. The molecule has 5 rings (SSSR count). The lowest BCUT2D eigenvalue weighted by atomic mass is 9.99. The van der Waals surface area contributed by atoms with Crippen LogP contribution in [-0.4, -0.2) is 77.9 Å². The van der Waals surface area contributed by atoms with Crippen molar-refractivity contribution in [2.75, 3.05) is 20.8 Å². The molecule has 5 atom stereocenters. The molecule has 0 aliphatic carbocycles. The molecule has 4 N–H and O–H groups in total. The van der Waals surface area contributed by atoms with E-state index in [0.29, 0.717) is 0 Å². The van der Waals surface area contributed by atoms with E-state index < -0.39 is 48.7 Å². The molecule has 5 unspecified atom stereocenters. The van der Waals surface area contributed by atoms with E-state index in [2.05, 4.69) is 0 Å². The Bertz CT molecular complexity index is 1710. The number of ether oxygens (including phenoxy) is 5. The van der Waals surface area contributed by atoms with Crippen molar-refractivity contribution in [3.05, 3.63) is 88.6 Å². The molecule has 2 heterocycles. The number of aliphatic hydroxyl groups excluding tert-OH is 3. The summed E-state index contributed by atoms with van der Waals surface area (Å²) in [6.07, 6.45) is -4.93. The highest BCUT2D eigenvalue weighted by molar-refractivity contribution is 5.92. The molecule has 0 saturated carbocycles. The zero-order valence-corrected chi connectivity index (χ0v) is 23.7. The molecule has 3 aromatic carbocycles. The van der Waals surface area contributed by atoms with Crippen molar-refractivity contribution in [1.82, 2.24) is 0 Å². The molecule has 1 aliphatic rings. The van der Waals surface area contributed by atoms with E-state index in [9.17, 15) is 30.0 Å². The molecule has 12 nitrogen and oxygen atoms in total. The Hall–Kier alpha value is -4.88. The average Bonchev–Trinajstić information content (AvgIpc) is 3.03. The summed E-state index contributed by atoms with van der Waals surface area (Å²) in [6, 6.07) is 17.7. The Morgan fingerprint density at radius 3 is 2.39 bits per heavy atom. The van der Waals surface area contributed by atoms with Crippen LogP contribution in [0.5, 0.6) is 23.0 Å². The molecule has 230 valence electrons. The van der Waals surface area contributed by atoms with Crippen LogP contribution in [0.1, 0.15) is 5.56 Å². The third-order valence-corrected chi connectivity index (χ3v) is 7.01. The van der Waals surface area contributed by atoms with Crippen LogP contribution in [0.4, 0.5) is 0 Å². The summed E-state index contributed by atoms with van der Waals surface area (Å²) >= 11 is 0. The number of phenolic OH excluding ortho intramolecular Hbond substituents is 1. The lowest BCUT2D eigenvalue weighted by molar-refractivity contribution is -0.281. The summed E-state index contributed by atoms with van der Waals surface area (Å²) in [5.41, 5.74) is 0.312. The van der Waals surface area contributed by atoms with Gasteiger partial charge in [-0.3, -0.25) is 4.79 Å². The van der Waals surface area contributed by atoms with Crippen molar-refractivity contribution in [3.63, 3.8) is 0 Å².